The summed E-state index contributed by atoms with van der Waals surface area (Å²) in [4.78, 5) is 9.83. The molecule has 1 aliphatic rings. The van der Waals surface area contributed by atoms with Gasteiger partial charge in [-0.1, -0.05) is 22.6 Å². The molecule has 0 unspecified atom stereocenters. The third-order valence-corrected chi connectivity index (χ3v) is 8.23. The molecule has 208 valence electrons. The van der Waals surface area contributed by atoms with Crippen molar-refractivity contribution >= 4 is 21.9 Å². The minimum Gasteiger partial charge on any atom is -0.381 e. The summed E-state index contributed by atoms with van der Waals surface area (Å²) in [6, 6.07) is 11.1. The SMILES string of the molecule is Cc1nnn(C)c1-c1cnc2c3cnc(-c4c(C)nnn4C)cc3n([C@H](c3ccc(F)cc3)C3CCOCC3)c2c1. The van der Waals surface area contributed by atoms with Gasteiger partial charge in [-0.15, -0.1) is 10.2 Å². The van der Waals surface area contributed by atoms with Gasteiger partial charge in [0.05, 0.1) is 45.4 Å². The Labute approximate surface area is 235 Å². The number of nitrogens with zero attached hydrogens (tertiary/aromatic N) is 9. The van der Waals surface area contributed by atoms with Crippen molar-refractivity contribution in [2.45, 2.75) is 32.7 Å². The maximum Gasteiger partial charge on any atom is 0.123 e. The summed E-state index contributed by atoms with van der Waals surface area (Å²) < 4.78 is 25.8. The minimum atomic E-state index is -0.254. The number of benzene rings is 1. The summed E-state index contributed by atoms with van der Waals surface area (Å²) in [5.74, 6) is 0.0176. The van der Waals surface area contributed by atoms with E-state index >= 15 is 0 Å². The van der Waals surface area contributed by atoms with Gasteiger partial charge in [0.2, 0.25) is 0 Å². The van der Waals surface area contributed by atoms with Gasteiger partial charge in [-0.2, -0.15) is 0 Å². The van der Waals surface area contributed by atoms with Crippen molar-refractivity contribution in [3.63, 3.8) is 0 Å². The lowest BCUT2D eigenvalue weighted by atomic mass is 9.86. The number of fused-ring (bicyclic) bond motifs is 3. The van der Waals surface area contributed by atoms with Crippen molar-refractivity contribution in [2.24, 2.45) is 20.0 Å². The highest BCUT2D eigenvalue weighted by atomic mass is 19.1. The van der Waals surface area contributed by atoms with E-state index in [1.54, 1.807) is 21.5 Å². The second kappa shape index (κ2) is 9.84. The van der Waals surface area contributed by atoms with Crippen LogP contribution in [0.15, 0.2) is 48.8 Å². The van der Waals surface area contributed by atoms with Gasteiger partial charge in [0.15, 0.2) is 0 Å². The fourth-order valence-electron chi connectivity index (χ4n) is 6.35. The quantitative estimate of drug-likeness (QED) is 0.299. The Balaban J connectivity index is 1.56. The average Bonchev–Trinajstić information content (AvgIpc) is 3.61. The third-order valence-electron chi connectivity index (χ3n) is 8.23. The molecule has 41 heavy (non-hydrogen) atoms. The highest BCUT2D eigenvalue weighted by molar-refractivity contribution is 6.07. The number of hydrogen-bond acceptors (Lipinski definition) is 7. The van der Waals surface area contributed by atoms with Crippen molar-refractivity contribution < 1.29 is 9.13 Å². The zero-order valence-corrected chi connectivity index (χ0v) is 23.4. The first-order valence-corrected chi connectivity index (χ1v) is 13.8. The summed E-state index contributed by atoms with van der Waals surface area (Å²) in [7, 11) is 3.76. The lowest BCUT2D eigenvalue weighted by Gasteiger charge is -2.33. The molecule has 0 saturated carbocycles. The molecule has 1 atom stereocenters. The predicted octanol–water partition coefficient (Wildman–Crippen LogP) is 4.95. The summed E-state index contributed by atoms with van der Waals surface area (Å²) in [6.07, 6.45) is 5.56. The van der Waals surface area contributed by atoms with E-state index in [-0.39, 0.29) is 17.8 Å². The van der Waals surface area contributed by atoms with E-state index in [2.05, 4.69) is 37.3 Å². The van der Waals surface area contributed by atoms with Crippen molar-refractivity contribution in [2.75, 3.05) is 13.2 Å². The molecular formula is C30H30FN9O. The first-order valence-electron chi connectivity index (χ1n) is 13.8. The second-order valence-corrected chi connectivity index (χ2v) is 10.8. The van der Waals surface area contributed by atoms with Crippen LogP contribution in [0.2, 0.25) is 0 Å². The normalized spacial score (nSPS) is 15.2. The Kier molecular flexibility index (Phi) is 6.11. The highest BCUT2D eigenvalue weighted by Gasteiger charge is 2.31. The van der Waals surface area contributed by atoms with E-state index < -0.39 is 0 Å². The van der Waals surface area contributed by atoms with Gasteiger partial charge in [0, 0.05) is 50.7 Å². The van der Waals surface area contributed by atoms with Crippen molar-refractivity contribution in [3.8, 4) is 22.6 Å². The monoisotopic (exact) mass is 551 g/mol. The van der Waals surface area contributed by atoms with E-state index in [0.29, 0.717) is 13.2 Å². The van der Waals surface area contributed by atoms with Crippen LogP contribution in [-0.2, 0) is 18.8 Å². The fourth-order valence-corrected chi connectivity index (χ4v) is 6.35. The summed E-state index contributed by atoms with van der Waals surface area (Å²) >= 11 is 0. The van der Waals surface area contributed by atoms with Gasteiger partial charge in [-0.3, -0.25) is 9.97 Å². The Morgan fingerprint density at radius 2 is 1.54 bits per heavy atom. The molecular weight excluding hydrogens is 521 g/mol. The number of halogens is 1. The van der Waals surface area contributed by atoms with Gasteiger partial charge in [0.1, 0.15) is 11.5 Å². The maximum atomic E-state index is 14.1. The molecule has 6 aromatic rings. The van der Waals surface area contributed by atoms with E-state index in [1.165, 1.54) is 0 Å². The molecule has 7 rings (SSSR count). The minimum absolute atomic E-state index is 0.0803. The van der Waals surface area contributed by atoms with Crippen LogP contribution in [-0.4, -0.2) is 57.7 Å². The molecule has 5 aromatic heterocycles. The second-order valence-electron chi connectivity index (χ2n) is 10.8. The number of ether oxygens (including phenoxy) is 1. The number of pyridine rings is 2. The Morgan fingerprint density at radius 3 is 2.20 bits per heavy atom. The zero-order chi connectivity index (χ0) is 28.2. The Morgan fingerprint density at radius 1 is 0.854 bits per heavy atom. The lowest BCUT2D eigenvalue weighted by molar-refractivity contribution is 0.0552. The summed E-state index contributed by atoms with van der Waals surface area (Å²) in [5.41, 5.74) is 8.98. The number of aryl methyl sites for hydroxylation is 4. The molecule has 11 heteroatoms. The molecule has 1 saturated heterocycles. The molecule has 10 nitrogen and oxygen atoms in total. The van der Waals surface area contributed by atoms with Crippen LogP contribution < -0.4 is 0 Å². The Bertz CT molecular complexity index is 1750. The van der Waals surface area contributed by atoms with E-state index in [0.717, 1.165) is 74.4 Å². The molecule has 1 aromatic carbocycles. The first kappa shape index (κ1) is 25.5. The molecule has 6 heterocycles. The molecule has 0 N–H and O–H groups in total. The van der Waals surface area contributed by atoms with Crippen molar-refractivity contribution in [1.82, 2.24) is 44.5 Å². The van der Waals surface area contributed by atoms with Crippen LogP contribution in [0.3, 0.4) is 0 Å². The first-order chi connectivity index (χ1) is 19.9. The van der Waals surface area contributed by atoms with Crippen LogP contribution >= 0.6 is 0 Å². The van der Waals surface area contributed by atoms with Crippen LogP contribution in [0, 0.1) is 25.6 Å². The van der Waals surface area contributed by atoms with E-state index in [9.17, 15) is 4.39 Å². The van der Waals surface area contributed by atoms with Gasteiger partial charge < -0.3 is 9.30 Å². The van der Waals surface area contributed by atoms with Crippen LogP contribution in [0.1, 0.15) is 35.8 Å². The number of hydrogen-bond donors (Lipinski definition) is 0. The van der Waals surface area contributed by atoms with E-state index in [1.807, 2.05) is 52.5 Å². The Hall–Kier alpha value is -4.51. The lowest BCUT2D eigenvalue weighted by Crippen LogP contribution is -2.27. The van der Waals surface area contributed by atoms with Gasteiger partial charge in [0.25, 0.3) is 0 Å². The number of aromatic nitrogens is 9. The molecule has 0 amide bonds. The van der Waals surface area contributed by atoms with Crippen LogP contribution in [0.4, 0.5) is 4.39 Å². The average molecular weight is 552 g/mol. The smallest absolute Gasteiger partial charge is 0.123 e. The summed E-state index contributed by atoms with van der Waals surface area (Å²) in [6.45, 7) is 5.27. The maximum absolute atomic E-state index is 14.1. The largest absolute Gasteiger partial charge is 0.381 e. The zero-order valence-electron chi connectivity index (χ0n) is 23.4. The van der Waals surface area contributed by atoms with Crippen LogP contribution in [0.5, 0.6) is 0 Å². The van der Waals surface area contributed by atoms with E-state index in [4.69, 9.17) is 14.7 Å². The van der Waals surface area contributed by atoms with Crippen molar-refractivity contribution in [1.29, 1.82) is 0 Å². The van der Waals surface area contributed by atoms with Gasteiger partial charge >= 0.3 is 0 Å². The van der Waals surface area contributed by atoms with Crippen LogP contribution in [0.25, 0.3) is 44.6 Å². The van der Waals surface area contributed by atoms with Gasteiger partial charge in [-0.25, -0.2) is 13.8 Å². The van der Waals surface area contributed by atoms with Gasteiger partial charge in [-0.05, 0) is 62.4 Å². The third kappa shape index (κ3) is 4.19. The molecule has 1 aliphatic heterocycles. The summed E-state index contributed by atoms with van der Waals surface area (Å²) in [5, 5.41) is 17.9. The van der Waals surface area contributed by atoms with Crippen molar-refractivity contribution in [3.05, 3.63) is 71.6 Å². The standard InChI is InChI=1S/C30H30FN9O/c1-17-28(38(3)36-34-17)21-13-26-27(33-15-21)23-16-32-24(29-18(2)35-37-39(29)4)14-25(23)40(26)30(20-9-11-41-12-10-20)19-5-7-22(31)8-6-19/h5-8,13-16,20,30H,9-12H2,1-4H3/t30-/m1/s1. The molecule has 0 aliphatic carbocycles. The molecule has 0 radical (unpaired) electrons. The number of rotatable bonds is 5. The predicted molar refractivity (Wildman–Crippen MR) is 153 cm³/mol. The molecule has 0 spiro atoms. The molecule has 1 fully saturated rings. The topological polar surface area (TPSA) is 101 Å². The highest BCUT2D eigenvalue weighted by Crippen LogP contribution is 2.42. The fraction of sp³-hybridized carbons (Fsp3) is 0.333. The molecule has 0 bridgehead atoms.